The molecule has 7 heteroatoms. The first-order chi connectivity index (χ1) is 14.5. The molecule has 0 N–H and O–H groups in total. The predicted molar refractivity (Wildman–Crippen MR) is 116 cm³/mol. The van der Waals surface area contributed by atoms with Gasteiger partial charge in [0.15, 0.2) is 0 Å². The average molecular weight is 476 g/mol. The van der Waals surface area contributed by atoms with Crippen LogP contribution in [0.3, 0.4) is 0 Å². The summed E-state index contributed by atoms with van der Waals surface area (Å²) in [5.74, 6) is -0.573. The standard InChI is InChI=1S/C23H26BrNO5/c1-28-11-10-25-20(26)14-19(15-6-4-8-17(24)12-15)21(23(27)30-3)22(25)16-7-5-9-18(13-16)29-2/h4-9,12-13,19,21-22H,10-11,14H2,1-3H3/t19-,21+,22-/m1/s1. The van der Waals surface area contributed by atoms with Gasteiger partial charge in [0.25, 0.3) is 0 Å². The fourth-order valence-electron chi connectivity index (χ4n) is 4.16. The van der Waals surface area contributed by atoms with Crippen LogP contribution in [0.25, 0.3) is 0 Å². The minimum Gasteiger partial charge on any atom is -0.497 e. The molecule has 1 fully saturated rings. The number of ether oxygens (including phenoxy) is 3. The second kappa shape index (κ2) is 10.1. The highest BCUT2D eigenvalue weighted by molar-refractivity contribution is 9.10. The number of amides is 1. The number of nitrogens with zero attached hydrogens (tertiary/aromatic N) is 1. The molecular weight excluding hydrogens is 450 g/mol. The fraction of sp³-hybridized carbons (Fsp3) is 0.391. The summed E-state index contributed by atoms with van der Waals surface area (Å²) in [6.07, 6.45) is 0.223. The first kappa shape index (κ1) is 22.3. The Bertz CT molecular complexity index is 903. The van der Waals surface area contributed by atoms with Gasteiger partial charge in [-0.1, -0.05) is 40.2 Å². The average Bonchev–Trinajstić information content (AvgIpc) is 2.77. The van der Waals surface area contributed by atoms with E-state index in [1.165, 1.54) is 7.11 Å². The normalized spacial score (nSPS) is 21.4. The summed E-state index contributed by atoms with van der Waals surface area (Å²) in [7, 11) is 4.58. The quantitative estimate of drug-likeness (QED) is 0.567. The van der Waals surface area contributed by atoms with Gasteiger partial charge in [-0.25, -0.2) is 0 Å². The van der Waals surface area contributed by atoms with Crippen LogP contribution in [-0.2, 0) is 19.1 Å². The van der Waals surface area contributed by atoms with Gasteiger partial charge in [0.2, 0.25) is 5.91 Å². The molecule has 2 aromatic carbocycles. The van der Waals surface area contributed by atoms with Gasteiger partial charge in [0.1, 0.15) is 5.75 Å². The van der Waals surface area contributed by atoms with E-state index in [0.717, 1.165) is 15.6 Å². The maximum atomic E-state index is 13.2. The molecule has 0 saturated carbocycles. The van der Waals surface area contributed by atoms with E-state index >= 15 is 0 Å². The van der Waals surface area contributed by atoms with E-state index < -0.39 is 12.0 Å². The van der Waals surface area contributed by atoms with E-state index in [2.05, 4.69) is 15.9 Å². The second-order valence-corrected chi connectivity index (χ2v) is 8.13. The third-order valence-corrected chi connectivity index (χ3v) is 6.04. The number of halogens is 1. The van der Waals surface area contributed by atoms with Gasteiger partial charge >= 0.3 is 5.97 Å². The minimum atomic E-state index is -0.564. The zero-order chi connectivity index (χ0) is 21.7. The molecule has 3 atom stereocenters. The molecule has 2 aromatic rings. The van der Waals surface area contributed by atoms with E-state index in [9.17, 15) is 9.59 Å². The van der Waals surface area contributed by atoms with Crippen molar-refractivity contribution < 1.29 is 23.8 Å². The molecule has 0 spiro atoms. The topological polar surface area (TPSA) is 65.1 Å². The van der Waals surface area contributed by atoms with E-state index in [4.69, 9.17) is 14.2 Å². The van der Waals surface area contributed by atoms with Gasteiger partial charge in [-0.2, -0.15) is 0 Å². The van der Waals surface area contributed by atoms with Crippen molar-refractivity contribution in [2.45, 2.75) is 18.4 Å². The largest absolute Gasteiger partial charge is 0.497 e. The zero-order valence-electron chi connectivity index (χ0n) is 17.3. The van der Waals surface area contributed by atoms with Crippen molar-refractivity contribution in [3.8, 4) is 5.75 Å². The summed E-state index contributed by atoms with van der Waals surface area (Å²) in [5.41, 5.74) is 1.75. The number of benzene rings is 2. The van der Waals surface area contributed by atoms with Crippen LogP contribution in [0.4, 0.5) is 0 Å². The molecule has 1 saturated heterocycles. The molecule has 3 rings (SSSR count). The Balaban J connectivity index is 2.14. The molecule has 0 aromatic heterocycles. The lowest BCUT2D eigenvalue weighted by Gasteiger charge is -2.44. The molecule has 30 heavy (non-hydrogen) atoms. The summed E-state index contributed by atoms with van der Waals surface area (Å²) in [4.78, 5) is 28.0. The van der Waals surface area contributed by atoms with Crippen LogP contribution in [0.1, 0.15) is 29.5 Å². The Hall–Kier alpha value is -2.38. The maximum Gasteiger partial charge on any atom is 0.311 e. The molecule has 160 valence electrons. The third kappa shape index (κ3) is 4.68. The van der Waals surface area contributed by atoms with Crippen molar-refractivity contribution in [3.05, 3.63) is 64.1 Å². The van der Waals surface area contributed by atoms with Gasteiger partial charge in [-0.05, 0) is 35.4 Å². The number of likely N-dealkylation sites (tertiary alicyclic amines) is 1. The van der Waals surface area contributed by atoms with Crippen LogP contribution in [0.15, 0.2) is 53.0 Å². The number of rotatable bonds is 7. The van der Waals surface area contributed by atoms with Gasteiger partial charge in [0, 0.05) is 30.5 Å². The molecule has 1 amide bonds. The molecular formula is C23H26BrNO5. The molecule has 6 nitrogen and oxygen atoms in total. The van der Waals surface area contributed by atoms with Crippen molar-refractivity contribution >= 4 is 27.8 Å². The monoisotopic (exact) mass is 475 g/mol. The minimum absolute atomic E-state index is 0.0231. The number of methoxy groups -OCH3 is 3. The van der Waals surface area contributed by atoms with Crippen molar-refractivity contribution in [1.29, 1.82) is 0 Å². The Kier molecular flexibility index (Phi) is 7.50. The number of piperidine rings is 1. The Morgan fingerprint density at radius 3 is 2.50 bits per heavy atom. The smallest absolute Gasteiger partial charge is 0.311 e. The summed E-state index contributed by atoms with van der Waals surface area (Å²) in [6.45, 7) is 0.761. The van der Waals surface area contributed by atoms with Crippen molar-refractivity contribution in [3.63, 3.8) is 0 Å². The summed E-state index contributed by atoms with van der Waals surface area (Å²) in [6, 6.07) is 14.7. The Morgan fingerprint density at radius 2 is 1.83 bits per heavy atom. The third-order valence-electron chi connectivity index (χ3n) is 5.55. The summed E-state index contributed by atoms with van der Waals surface area (Å²) < 4.78 is 16.7. The highest BCUT2D eigenvalue weighted by Gasteiger charge is 2.47. The van der Waals surface area contributed by atoms with Crippen LogP contribution in [0, 0.1) is 5.92 Å². The highest BCUT2D eigenvalue weighted by atomic mass is 79.9. The van der Waals surface area contributed by atoms with E-state index in [1.807, 2.05) is 48.5 Å². The number of hydrogen-bond donors (Lipinski definition) is 0. The molecule has 0 unspecified atom stereocenters. The van der Waals surface area contributed by atoms with Crippen LogP contribution < -0.4 is 4.74 Å². The van der Waals surface area contributed by atoms with Crippen LogP contribution >= 0.6 is 15.9 Å². The van der Waals surface area contributed by atoms with Gasteiger partial charge in [0.05, 0.1) is 32.8 Å². The highest BCUT2D eigenvalue weighted by Crippen LogP contribution is 2.46. The summed E-state index contributed by atoms with van der Waals surface area (Å²) in [5, 5.41) is 0. The van der Waals surface area contributed by atoms with Crippen LogP contribution in [0.5, 0.6) is 5.75 Å². The lowest BCUT2D eigenvalue weighted by Crippen LogP contribution is -2.50. The maximum absolute atomic E-state index is 13.2. The van der Waals surface area contributed by atoms with E-state index in [1.54, 1.807) is 19.1 Å². The van der Waals surface area contributed by atoms with Crippen molar-refractivity contribution in [1.82, 2.24) is 4.90 Å². The molecule has 0 radical (unpaired) electrons. The number of esters is 1. The summed E-state index contributed by atoms with van der Waals surface area (Å²) >= 11 is 3.50. The lowest BCUT2D eigenvalue weighted by molar-refractivity contribution is -0.157. The number of carbonyl (C=O) groups is 2. The molecule has 1 aliphatic heterocycles. The fourth-order valence-corrected chi connectivity index (χ4v) is 4.58. The number of hydrogen-bond acceptors (Lipinski definition) is 5. The molecule has 1 aliphatic rings. The van der Waals surface area contributed by atoms with Gasteiger partial charge in [-0.3, -0.25) is 9.59 Å². The van der Waals surface area contributed by atoms with Gasteiger partial charge < -0.3 is 19.1 Å². The Morgan fingerprint density at radius 1 is 1.10 bits per heavy atom. The first-order valence-electron chi connectivity index (χ1n) is 9.75. The zero-order valence-corrected chi connectivity index (χ0v) is 18.9. The van der Waals surface area contributed by atoms with Gasteiger partial charge in [-0.15, -0.1) is 0 Å². The molecule has 0 aliphatic carbocycles. The predicted octanol–water partition coefficient (Wildman–Crippen LogP) is 3.95. The number of carbonyl (C=O) groups excluding carboxylic acids is 2. The van der Waals surface area contributed by atoms with E-state index in [-0.39, 0.29) is 24.2 Å². The van der Waals surface area contributed by atoms with Crippen molar-refractivity contribution in [2.75, 3.05) is 34.5 Å². The van der Waals surface area contributed by atoms with Crippen LogP contribution in [-0.4, -0.2) is 51.3 Å². The van der Waals surface area contributed by atoms with E-state index in [0.29, 0.717) is 18.9 Å². The molecule has 1 heterocycles. The second-order valence-electron chi connectivity index (χ2n) is 7.22. The van der Waals surface area contributed by atoms with Crippen molar-refractivity contribution in [2.24, 2.45) is 5.92 Å². The lowest BCUT2D eigenvalue weighted by atomic mass is 9.73. The SMILES string of the molecule is COCCN1C(=O)C[C@H](c2cccc(Br)c2)[C@H](C(=O)OC)[C@H]1c1cccc(OC)c1. The first-order valence-corrected chi connectivity index (χ1v) is 10.5. The Labute approximate surface area is 185 Å². The molecule has 0 bridgehead atoms. The van der Waals surface area contributed by atoms with Crippen LogP contribution in [0.2, 0.25) is 0 Å².